The first-order chi connectivity index (χ1) is 11.4. The zero-order valence-electron chi connectivity index (χ0n) is 13.2. The summed E-state index contributed by atoms with van der Waals surface area (Å²) in [5.74, 6) is 0. The third-order valence-electron chi connectivity index (χ3n) is 3.68. The highest BCUT2D eigenvalue weighted by molar-refractivity contribution is 9.10. The molecule has 0 aromatic carbocycles. The Kier molecular flexibility index (Phi) is 13.5. The van der Waals surface area contributed by atoms with Crippen LogP contribution in [0.4, 0.5) is 0 Å². The number of hydrogen-bond acceptors (Lipinski definition) is 2. The number of phosphoric acid groups is 1. The van der Waals surface area contributed by atoms with Gasteiger partial charge in [-0.3, -0.25) is 4.52 Å². The molecule has 0 radical (unpaired) electrons. The van der Waals surface area contributed by atoms with Crippen LogP contribution in [0, 0.1) is 10.8 Å². The van der Waals surface area contributed by atoms with E-state index in [2.05, 4.69) is 102 Å². The van der Waals surface area contributed by atoms with Gasteiger partial charge in [0, 0.05) is 49.2 Å². The number of alkyl halides is 7. The van der Waals surface area contributed by atoms with Crippen molar-refractivity contribution >= 4 is 115 Å². The van der Waals surface area contributed by atoms with E-state index in [0.717, 1.165) is 0 Å². The molecule has 0 aliphatic carbocycles. The Hall–Kier alpha value is 3.02. The molecule has 4 nitrogen and oxygen atoms in total. The van der Waals surface area contributed by atoms with Crippen LogP contribution in [0.2, 0.25) is 0 Å². The molecule has 0 heterocycles. The summed E-state index contributed by atoms with van der Waals surface area (Å²) in [4.78, 5) is 18.8. The van der Waals surface area contributed by atoms with Crippen molar-refractivity contribution in [3.63, 3.8) is 0 Å². The van der Waals surface area contributed by atoms with Crippen LogP contribution < -0.4 is 0 Å². The second-order valence-electron chi connectivity index (χ2n) is 6.07. The molecule has 1 unspecified atom stereocenters. The van der Waals surface area contributed by atoms with Crippen molar-refractivity contribution in [2.24, 2.45) is 10.8 Å². The molecule has 0 aliphatic rings. The summed E-state index contributed by atoms with van der Waals surface area (Å²) >= 11 is 27.5. The minimum absolute atomic E-state index is 0.163. The lowest BCUT2D eigenvalue weighted by molar-refractivity contribution is 0.0909. The largest absolute Gasteiger partial charge is 0.471 e. The normalized spacial score (nSPS) is 15.9. The molecule has 25 heavy (non-hydrogen) atoms. The van der Waals surface area contributed by atoms with Gasteiger partial charge in [-0.05, 0) is 12.0 Å². The Morgan fingerprint density at radius 2 is 1.28 bits per heavy atom. The van der Waals surface area contributed by atoms with Crippen molar-refractivity contribution in [3.05, 3.63) is 12.2 Å². The van der Waals surface area contributed by atoms with Crippen molar-refractivity contribution in [2.45, 2.75) is 17.9 Å². The number of halogens is 7. The highest BCUT2D eigenvalue weighted by Crippen LogP contribution is 2.53. The molecule has 0 aromatic heterocycles. The van der Waals surface area contributed by atoms with E-state index in [1.165, 1.54) is 0 Å². The molecule has 2 N–H and O–H groups in total. The van der Waals surface area contributed by atoms with Gasteiger partial charge in [-0.2, -0.15) is 0 Å². The van der Waals surface area contributed by atoms with Gasteiger partial charge in [0.25, 0.3) is 0 Å². The molecule has 0 fully saturated rings. The number of phosphoric ester groups is 1. The average molecular weight is 786 g/mol. The first-order valence-electron chi connectivity index (χ1n) is 6.90. The Balaban J connectivity index is 5.82. The van der Waals surface area contributed by atoms with Gasteiger partial charge in [0.1, 0.15) is 0 Å². The number of rotatable bonds is 13. The highest BCUT2D eigenvalue weighted by atomic mass is 79.9. The molecular formula is C13H20Br6ClO4P. The Morgan fingerprint density at radius 3 is 1.56 bits per heavy atom. The molecule has 0 amide bonds. The van der Waals surface area contributed by atoms with Gasteiger partial charge in [-0.1, -0.05) is 114 Å². The van der Waals surface area contributed by atoms with Crippen molar-refractivity contribution in [2.75, 3.05) is 32.0 Å². The molecule has 0 saturated carbocycles. The van der Waals surface area contributed by atoms with Crippen LogP contribution in [0.15, 0.2) is 12.2 Å². The van der Waals surface area contributed by atoms with E-state index in [1.54, 1.807) is 0 Å². The van der Waals surface area contributed by atoms with Crippen LogP contribution in [-0.4, -0.2) is 46.8 Å². The van der Waals surface area contributed by atoms with Crippen LogP contribution in [-0.2, 0) is 9.09 Å². The van der Waals surface area contributed by atoms with Gasteiger partial charge >= 0.3 is 7.82 Å². The summed E-state index contributed by atoms with van der Waals surface area (Å²) in [6, 6.07) is 0. The topological polar surface area (TPSA) is 66.8 Å². The lowest BCUT2D eigenvalue weighted by Gasteiger charge is -2.40. The van der Waals surface area contributed by atoms with E-state index in [0.29, 0.717) is 44.0 Å². The maximum atomic E-state index is 11.6. The summed E-state index contributed by atoms with van der Waals surface area (Å²) in [5, 5.41) is 1.93. The maximum Gasteiger partial charge on any atom is 0.471 e. The van der Waals surface area contributed by atoms with Gasteiger partial charge < -0.3 is 9.79 Å². The molecule has 1 atom stereocenters. The summed E-state index contributed by atoms with van der Waals surface area (Å²) in [5.41, 5.74) is -0.252. The van der Waals surface area contributed by atoms with Crippen molar-refractivity contribution < 1.29 is 18.9 Å². The van der Waals surface area contributed by atoms with Crippen LogP contribution in [0.1, 0.15) is 12.8 Å². The third kappa shape index (κ3) is 8.73. The quantitative estimate of drug-likeness (QED) is 0.124. The molecule has 0 bridgehead atoms. The van der Waals surface area contributed by atoms with E-state index in [4.69, 9.17) is 16.1 Å². The predicted molar refractivity (Wildman–Crippen MR) is 128 cm³/mol. The smallest absolute Gasteiger partial charge is 0.303 e. The molecule has 12 heteroatoms. The fourth-order valence-corrected chi connectivity index (χ4v) is 9.93. The van der Waals surface area contributed by atoms with Gasteiger partial charge in [0.2, 0.25) is 0 Å². The highest BCUT2D eigenvalue weighted by Gasteiger charge is 2.47. The minimum Gasteiger partial charge on any atom is -0.303 e. The van der Waals surface area contributed by atoms with Crippen LogP contribution >= 0.6 is 115 Å². The monoisotopic (exact) mass is 780 g/mol. The fourth-order valence-electron chi connectivity index (χ4n) is 1.98. The van der Waals surface area contributed by atoms with Crippen molar-refractivity contribution in [1.29, 1.82) is 0 Å². The third-order valence-corrected chi connectivity index (χ3v) is 12.0. The molecule has 0 saturated heterocycles. The van der Waals surface area contributed by atoms with E-state index in [-0.39, 0.29) is 11.8 Å². The van der Waals surface area contributed by atoms with Gasteiger partial charge in [-0.25, -0.2) is 4.57 Å². The second kappa shape index (κ2) is 12.0. The Labute approximate surface area is 204 Å². The van der Waals surface area contributed by atoms with E-state index in [9.17, 15) is 14.4 Å². The summed E-state index contributed by atoms with van der Waals surface area (Å²) in [7, 11) is -4.82. The van der Waals surface area contributed by atoms with Gasteiger partial charge in [0.15, 0.2) is 5.06 Å². The lowest BCUT2D eigenvalue weighted by atomic mass is 9.81. The first-order valence-corrected chi connectivity index (χ1v) is 15.5. The van der Waals surface area contributed by atoms with Gasteiger partial charge in [-0.15, -0.1) is 0 Å². The lowest BCUT2D eigenvalue weighted by Crippen LogP contribution is -2.41. The summed E-state index contributed by atoms with van der Waals surface area (Å²) < 4.78 is 16.6. The average Bonchev–Trinajstić information content (AvgIpc) is 2.56. The Bertz CT molecular complexity index is 467. The maximum absolute atomic E-state index is 11.6. The van der Waals surface area contributed by atoms with Crippen molar-refractivity contribution in [1.82, 2.24) is 0 Å². The molecule has 0 spiro atoms. The van der Waals surface area contributed by atoms with E-state index >= 15 is 0 Å². The van der Waals surface area contributed by atoms with E-state index < -0.39 is 18.3 Å². The molecular weight excluding hydrogens is 766 g/mol. The predicted octanol–water partition coefficient (Wildman–Crippen LogP) is 6.71. The molecule has 150 valence electrons. The first kappa shape index (κ1) is 28.0. The zero-order valence-corrected chi connectivity index (χ0v) is 24.3. The molecule has 0 aromatic rings. The zero-order chi connectivity index (χ0) is 19.9. The molecule has 0 rings (SSSR count). The SMILES string of the molecule is C=C(CC(CBr)(CBr)CBr)C(Cl)(CC(CBr)(CBr)CBr)OP(=O)(O)O. The fraction of sp³-hybridized carbons (Fsp3) is 0.846. The summed E-state index contributed by atoms with van der Waals surface area (Å²) in [6.45, 7) is 4.02. The van der Waals surface area contributed by atoms with Crippen LogP contribution in [0.25, 0.3) is 0 Å². The van der Waals surface area contributed by atoms with Crippen LogP contribution in [0.5, 0.6) is 0 Å². The second-order valence-corrected chi connectivity index (χ2v) is 11.2. The van der Waals surface area contributed by atoms with Gasteiger partial charge in [0.05, 0.1) is 0 Å². The Morgan fingerprint density at radius 1 is 0.920 bits per heavy atom. The van der Waals surface area contributed by atoms with E-state index in [1.807, 2.05) is 0 Å². The standard InChI is InChI=1S/C13H20Br6ClO4P/c1-10(2-11(4-14,5-15)6-16)13(20,24-25(21,22)23)3-12(7-17,8-18)9-19/h1-9H2,(H2,21,22,23). The number of hydrogen-bond donors (Lipinski definition) is 2. The van der Waals surface area contributed by atoms with Crippen molar-refractivity contribution in [3.8, 4) is 0 Å². The molecule has 0 aliphatic heterocycles. The van der Waals surface area contributed by atoms with Crippen LogP contribution in [0.3, 0.4) is 0 Å². The summed E-state index contributed by atoms with van der Waals surface area (Å²) in [6.07, 6.45) is 0.581. The minimum atomic E-state index is -4.82.